The fraction of sp³-hybridized carbons (Fsp3) is 0.857. The van der Waals surface area contributed by atoms with Crippen LogP contribution in [0.5, 0.6) is 0 Å². The van der Waals surface area contributed by atoms with E-state index in [1.165, 1.54) is 57.8 Å². The van der Waals surface area contributed by atoms with Crippen molar-refractivity contribution < 1.29 is 17.8 Å². The first-order valence-corrected chi connectivity index (χ1v) is 12.4. The molecular weight excluding hydrogens is 385 g/mol. The molecule has 0 heterocycles. The Morgan fingerprint density at radius 3 is 1.96 bits per heavy atom. The molecule has 0 aliphatic rings. The zero-order chi connectivity index (χ0) is 20.4. The number of nitrogens with one attached hydrogen (secondary N) is 1. The predicted octanol–water partition coefficient (Wildman–Crippen LogP) is 4.63. The minimum absolute atomic E-state index is 0. The van der Waals surface area contributed by atoms with Gasteiger partial charge in [-0.1, -0.05) is 77.4 Å². The van der Waals surface area contributed by atoms with Gasteiger partial charge in [0, 0.05) is 12.5 Å². The first-order valence-electron chi connectivity index (χ1n) is 10.7. The van der Waals surface area contributed by atoms with Crippen molar-refractivity contribution in [3.8, 4) is 0 Å². The topological polar surface area (TPSA) is 83.5 Å². The third-order valence-corrected chi connectivity index (χ3v) is 5.48. The molecule has 28 heavy (non-hydrogen) atoms. The third-order valence-electron chi connectivity index (χ3n) is 4.76. The summed E-state index contributed by atoms with van der Waals surface area (Å²) in [5, 5.41) is 2.55. The summed E-state index contributed by atoms with van der Waals surface area (Å²) in [6.07, 6.45) is 20.4. The Morgan fingerprint density at radius 1 is 0.929 bits per heavy atom. The third kappa shape index (κ3) is 22.4. The molecule has 0 aromatic carbocycles. The van der Waals surface area contributed by atoms with E-state index in [1.807, 2.05) is 6.92 Å². The van der Waals surface area contributed by atoms with Crippen LogP contribution < -0.4 is 5.32 Å². The molecule has 162 valence electrons. The summed E-state index contributed by atoms with van der Waals surface area (Å²) in [6.45, 7) is 4.07. The van der Waals surface area contributed by atoms with Gasteiger partial charge >= 0.3 is 29.6 Å². The summed E-state index contributed by atoms with van der Waals surface area (Å²) in [4.78, 5) is 11.8. The van der Waals surface area contributed by atoms with E-state index in [9.17, 15) is 13.2 Å². The molecule has 0 rings (SSSR count). The van der Waals surface area contributed by atoms with Crippen molar-refractivity contribution in [3.63, 3.8) is 0 Å². The Balaban J connectivity index is 0. The van der Waals surface area contributed by atoms with Gasteiger partial charge in [0.15, 0.2) is 0 Å². The summed E-state index contributed by atoms with van der Waals surface area (Å²) in [7, 11) is -4.01. The molecule has 1 atom stereocenters. The molecule has 2 N–H and O–H groups in total. The van der Waals surface area contributed by atoms with Crippen LogP contribution in [0.1, 0.15) is 97.3 Å². The van der Waals surface area contributed by atoms with Gasteiger partial charge in [-0.25, -0.2) is 0 Å². The maximum absolute atomic E-state index is 11.8. The van der Waals surface area contributed by atoms with E-state index < -0.39 is 15.9 Å². The Morgan fingerprint density at radius 2 is 1.43 bits per heavy atom. The van der Waals surface area contributed by atoms with Crippen molar-refractivity contribution in [3.05, 3.63) is 12.2 Å². The van der Waals surface area contributed by atoms with Crippen LogP contribution in [0.2, 0.25) is 0 Å². The Labute approximate surface area is 195 Å². The van der Waals surface area contributed by atoms with Gasteiger partial charge < -0.3 is 5.32 Å². The normalized spacial score (nSPS) is 12.7. The minimum atomic E-state index is -4.01. The van der Waals surface area contributed by atoms with Crippen molar-refractivity contribution in [1.29, 1.82) is 0 Å². The van der Waals surface area contributed by atoms with Crippen LogP contribution in [-0.2, 0) is 14.9 Å². The van der Waals surface area contributed by atoms with Crippen molar-refractivity contribution in [2.45, 2.75) is 97.3 Å². The van der Waals surface area contributed by atoms with Gasteiger partial charge in [0.25, 0.3) is 10.1 Å². The van der Waals surface area contributed by atoms with Gasteiger partial charge in [-0.3, -0.25) is 9.35 Å². The standard InChI is InChI=1S/C21H41NO4S.Na.H/c1-3-4-5-6-7-8-9-10-11-12-13-14-15-16-17-20(2)21(23)22-18-19-27(24,25)26;;/h10-11,20H,3-9,12-19H2,1-2H3,(H,22,23)(H,24,25,26);;/b11-10-;;. The molecule has 0 aliphatic carbocycles. The van der Waals surface area contributed by atoms with E-state index in [0.29, 0.717) is 0 Å². The van der Waals surface area contributed by atoms with Crippen molar-refractivity contribution >= 4 is 45.6 Å². The number of allylic oxidation sites excluding steroid dienone is 2. The zero-order valence-electron chi connectivity index (χ0n) is 17.4. The Hall–Kier alpha value is 0.120. The number of hydrogen-bond donors (Lipinski definition) is 2. The van der Waals surface area contributed by atoms with Gasteiger partial charge in [0.2, 0.25) is 5.91 Å². The molecule has 1 amide bonds. The van der Waals surface area contributed by atoms with E-state index >= 15 is 0 Å². The van der Waals surface area contributed by atoms with E-state index in [2.05, 4.69) is 24.4 Å². The summed E-state index contributed by atoms with van der Waals surface area (Å²) in [6, 6.07) is 0. The average Bonchev–Trinajstić information content (AvgIpc) is 2.60. The number of hydrogen-bond acceptors (Lipinski definition) is 3. The number of carbonyl (C=O) groups is 1. The van der Waals surface area contributed by atoms with Gasteiger partial charge in [-0.2, -0.15) is 8.42 Å². The van der Waals surface area contributed by atoms with Crippen molar-refractivity contribution in [2.75, 3.05) is 12.3 Å². The second kappa shape index (κ2) is 20.4. The monoisotopic (exact) mass is 427 g/mol. The number of unbranched alkanes of at least 4 members (excludes halogenated alkanes) is 10. The molecule has 7 heteroatoms. The molecule has 0 spiro atoms. The fourth-order valence-electron chi connectivity index (χ4n) is 2.95. The molecular formula is C21H42NNaO4S. The van der Waals surface area contributed by atoms with Crippen LogP contribution >= 0.6 is 0 Å². The molecule has 0 bridgehead atoms. The molecule has 0 aliphatic heterocycles. The molecule has 5 nitrogen and oxygen atoms in total. The predicted molar refractivity (Wildman–Crippen MR) is 121 cm³/mol. The van der Waals surface area contributed by atoms with Gasteiger partial charge in [-0.15, -0.1) is 0 Å². The maximum atomic E-state index is 11.8. The van der Waals surface area contributed by atoms with E-state index in [0.717, 1.165) is 25.7 Å². The molecule has 1 unspecified atom stereocenters. The summed E-state index contributed by atoms with van der Waals surface area (Å²) in [5.41, 5.74) is 0. The molecule has 0 fully saturated rings. The number of carbonyl (C=O) groups excluding carboxylic acids is 1. The van der Waals surface area contributed by atoms with Crippen molar-refractivity contribution in [2.24, 2.45) is 5.92 Å². The number of amides is 1. The first kappa shape index (κ1) is 30.3. The van der Waals surface area contributed by atoms with E-state index in [1.54, 1.807) is 0 Å². The first-order chi connectivity index (χ1) is 12.9. The number of rotatable bonds is 18. The van der Waals surface area contributed by atoms with Crippen LogP contribution in [0.4, 0.5) is 0 Å². The average molecular weight is 428 g/mol. The molecule has 0 saturated heterocycles. The summed E-state index contributed by atoms with van der Waals surface area (Å²) < 4.78 is 29.8. The van der Waals surface area contributed by atoms with Crippen LogP contribution in [-0.4, -0.2) is 60.7 Å². The van der Waals surface area contributed by atoms with Crippen LogP contribution in [0.3, 0.4) is 0 Å². The van der Waals surface area contributed by atoms with Gasteiger partial charge in [0.1, 0.15) is 0 Å². The molecule has 0 aromatic rings. The van der Waals surface area contributed by atoms with Crippen molar-refractivity contribution in [1.82, 2.24) is 5.32 Å². The quantitative estimate of drug-likeness (QED) is 0.145. The van der Waals surface area contributed by atoms with Crippen LogP contribution in [0, 0.1) is 5.92 Å². The second-order valence-corrected chi connectivity index (χ2v) is 9.07. The molecule has 0 aromatic heterocycles. The SMILES string of the molecule is CCCCCCCC/C=C\CCCCCCC(C)C(=O)NCCS(=O)(=O)O.[NaH]. The van der Waals surface area contributed by atoms with Crippen LogP contribution in [0.15, 0.2) is 12.2 Å². The fourth-order valence-corrected chi connectivity index (χ4v) is 3.31. The van der Waals surface area contributed by atoms with Crippen LogP contribution in [0.25, 0.3) is 0 Å². The van der Waals surface area contributed by atoms with E-state index in [-0.39, 0.29) is 47.9 Å². The zero-order valence-corrected chi connectivity index (χ0v) is 18.2. The second-order valence-electron chi connectivity index (χ2n) is 7.50. The Kier molecular flexibility index (Phi) is 22.1. The Bertz CT molecular complexity index is 495. The molecule has 0 radical (unpaired) electrons. The summed E-state index contributed by atoms with van der Waals surface area (Å²) >= 11 is 0. The summed E-state index contributed by atoms with van der Waals surface area (Å²) in [5.74, 6) is -0.697. The van der Waals surface area contributed by atoms with Gasteiger partial charge in [0.05, 0.1) is 5.75 Å². The molecule has 0 saturated carbocycles. The van der Waals surface area contributed by atoms with E-state index in [4.69, 9.17) is 4.55 Å². The van der Waals surface area contributed by atoms with Gasteiger partial charge in [-0.05, 0) is 32.1 Å².